The van der Waals surface area contributed by atoms with Crippen molar-refractivity contribution in [3.63, 3.8) is 0 Å². The summed E-state index contributed by atoms with van der Waals surface area (Å²) in [7, 11) is 0. The molecule has 1 saturated heterocycles. The summed E-state index contributed by atoms with van der Waals surface area (Å²) in [6, 6.07) is 14.0. The Kier molecular flexibility index (Phi) is 5.13. The number of allylic oxidation sites excluding steroid dienone is 1. The van der Waals surface area contributed by atoms with E-state index in [1.807, 2.05) is 42.6 Å². The van der Waals surface area contributed by atoms with Crippen molar-refractivity contribution >= 4 is 5.57 Å². The molecule has 0 radical (unpaired) electrons. The first-order valence-corrected chi connectivity index (χ1v) is 9.12. The topological polar surface area (TPSA) is 54.8 Å². The van der Waals surface area contributed by atoms with Gasteiger partial charge in [0.25, 0.3) is 0 Å². The van der Waals surface area contributed by atoms with Crippen LogP contribution in [0.3, 0.4) is 0 Å². The molecule has 2 aromatic rings. The third kappa shape index (κ3) is 4.02. The van der Waals surface area contributed by atoms with Gasteiger partial charge in [0.2, 0.25) is 0 Å². The molecule has 0 atom stereocenters. The number of hydroxylamine groups is 2. The summed E-state index contributed by atoms with van der Waals surface area (Å²) < 4.78 is 11.6. The zero-order valence-corrected chi connectivity index (χ0v) is 14.8. The first kappa shape index (κ1) is 17.4. The molecule has 2 heterocycles. The zero-order chi connectivity index (χ0) is 17.8. The van der Waals surface area contributed by atoms with Gasteiger partial charge >= 0.3 is 0 Å². The van der Waals surface area contributed by atoms with Crippen LogP contribution in [0.5, 0.6) is 0 Å². The van der Waals surface area contributed by atoms with Crippen molar-refractivity contribution in [1.29, 1.82) is 0 Å². The third-order valence-electron chi connectivity index (χ3n) is 4.99. The lowest BCUT2D eigenvalue weighted by Gasteiger charge is -2.30. The van der Waals surface area contributed by atoms with Gasteiger partial charge in [0.05, 0.1) is 25.5 Å². The number of pyridine rings is 1. The van der Waals surface area contributed by atoms with Gasteiger partial charge in [-0.25, -0.2) is 0 Å². The number of hydrogen-bond donors (Lipinski definition) is 1. The Morgan fingerprint density at radius 2 is 1.88 bits per heavy atom. The van der Waals surface area contributed by atoms with Gasteiger partial charge < -0.3 is 14.7 Å². The van der Waals surface area contributed by atoms with Crippen LogP contribution in [0.4, 0.5) is 0 Å². The maximum atomic E-state index is 10.2. The molecular formula is C21H24N2O3. The average Bonchev–Trinajstić information content (AvgIpc) is 3.11. The first-order valence-electron chi connectivity index (χ1n) is 9.12. The Balaban J connectivity index is 1.41. The highest BCUT2D eigenvalue weighted by Crippen LogP contribution is 2.38. The SMILES string of the molecule is ON(Cc1ccccc1)Cc1cc(C2=CCC3(CC2)OCCO3)ccn1. The van der Waals surface area contributed by atoms with E-state index in [-0.39, 0.29) is 0 Å². The van der Waals surface area contributed by atoms with E-state index in [4.69, 9.17) is 9.47 Å². The van der Waals surface area contributed by atoms with E-state index < -0.39 is 5.79 Å². The molecule has 26 heavy (non-hydrogen) atoms. The van der Waals surface area contributed by atoms with Crippen molar-refractivity contribution in [3.8, 4) is 0 Å². The van der Waals surface area contributed by atoms with Gasteiger partial charge in [-0.05, 0) is 35.3 Å². The molecule has 0 unspecified atom stereocenters. The largest absolute Gasteiger partial charge is 0.347 e. The van der Waals surface area contributed by atoms with Gasteiger partial charge in [-0.1, -0.05) is 36.4 Å². The summed E-state index contributed by atoms with van der Waals surface area (Å²) in [5, 5.41) is 11.5. The maximum Gasteiger partial charge on any atom is 0.172 e. The van der Waals surface area contributed by atoms with E-state index in [1.54, 1.807) is 0 Å². The van der Waals surface area contributed by atoms with Crippen molar-refractivity contribution < 1.29 is 14.7 Å². The molecule has 1 aliphatic heterocycles. The quantitative estimate of drug-likeness (QED) is 0.830. The standard InChI is InChI=1S/C21H24N2O3/c24-23(15-17-4-2-1-3-5-17)16-20-14-19(8-11-22-20)18-6-9-21(10-7-18)25-12-13-26-21/h1-6,8,11,14,24H,7,9-10,12-13,15-16H2. The van der Waals surface area contributed by atoms with E-state index >= 15 is 0 Å². The Morgan fingerprint density at radius 3 is 2.62 bits per heavy atom. The number of nitrogens with zero attached hydrogens (tertiary/aromatic N) is 2. The molecule has 5 nitrogen and oxygen atoms in total. The normalized spacial score (nSPS) is 19.1. The monoisotopic (exact) mass is 352 g/mol. The highest BCUT2D eigenvalue weighted by Gasteiger charge is 2.37. The van der Waals surface area contributed by atoms with Crippen LogP contribution in [0.1, 0.15) is 36.1 Å². The minimum absolute atomic E-state index is 0.392. The number of rotatable bonds is 5. The van der Waals surface area contributed by atoms with Crippen molar-refractivity contribution in [3.05, 3.63) is 71.6 Å². The summed E-state index contributed by atoms with van der Waals surface area (Å²) in [4.78, 5) is 4.41. The Morgan fingerprint density at radius 1 is 1.08 bits per heavy atom. The van der Waals surface area contributed by atoms with Gasteiger partial charge in [-0.2, -0.15) is 5.06 Å². The summed E-state index contributed by atoms with van der Waals surface area (Å²) in [5.74, 6) is -0.392. The van der Waals surface area contributed by atoms with Crippen LogP contribution >= 0.6 is 0 Å². The summed E-state index contributed by atoms with van der Waals surface area (Å²) >= 11 is 0. The predicted molar refractivity (Wildman–Crippen MR) is 98.2 cm³/mol. The number of hydrogen-bond acceptors (Lipinski definition) is 5. The summed E-state index contributed by atoms with van der Waals surface area (Å²) in [6.45, 7) is 2.26. The molecule has 2 aliphatic rings. The van der Waals surface area contributed by atoms with Gasteiger partial charge in [-0.3, -0.25) is 4.98 Å². The second-order valence-corrected chi connectivity index (χ2v) is 6.89. The van der Waals surface area contributed by atoms with E-state index in [0.29, 0.717) is 26.3 Å². The minimum atomic E-state index is -0.392. The zero-order valence-electron chi connectivity index (χ0n) is 14.8. The summed E-state index contributed by atoms with van der Waals surface area (Å²) in [5.41, 5.74) is 4.39. The molecule has 1 aliphatic carbocycles. The highest BCUT2D eigenvalue weighted by atomic mass is 16.7. The van der Waals surface area contributed by atoms with Crippen LogP contribution in [0.2, 0.25) is 0 Å². The molecule has 0 amide bonds. The van der Waals surface area contributed by atoms with Crippen molar-refractivity contribution in [2.45, 2.75) is 38.1 Å². The van der Waals surface area contributed by atoms with E-state index in [1.165, 1.54) is 10.6 Å². The van der Waals surface area contributed by atoms with Gasteiger partial charge in [0.1, 0.15) is 0 Å². The van der Waals surface area contributed by atoms with Crippen LogP contribution in [-0.2, 0) is 22.6 Å². The molecular weight excluding hydrogens is 328 g/mol. The van der Waals surface area contributed by atoms with Crippen molar-refractivity contribution in [1.82, 2.24) is 10.0 Å². The van der Waals surface area contributed by atoms with Gasteiger partial charge in [-0.15, -0.1) is 0 Å². The molecule has 1 fully saturated rings. The Hall–Kier alpha value is -2.05. The van der Waals surface area contributed by atoms with Crippen LogP contribution in [0.15, 0.2) is 54.7 Å². The fourth-order valence-corrected chi connectivity index (χ4v) is 3.63. The van der Waals surface area contributed by atoms with Crippen LogP contribution in [0.25, 0.3) is 5.57 Å². The van der Waals surface area contributed by atoms with Gasteiger partial charge in [0.15, 0.2) is 5.79 Å². The molecule has 136 valence electrons. The first-order chi connectivity index (χ1) is 12.7. The second-order valence-electron chi connectivity index (χ2n) is 6.89. The van der Waals surface area contributed by atoms with Crippen molar-refractivity contribution in [2.75, 3.05) is 13.2 Å². The molecule has 1 aromatic heterocycles. The molecule has 1 N–H and O–H groups in total. The third-order valence-corrected chi connectivity index (χ3v) is 4.99. The maximum absolute atomic E-state index is 10.2. The summed E-state index contributed by atoms with van der Waals surface area (Å²) in [6.07, 6.45) is 6.64. The fourth-order valence-electron chi connectivity index (χ4n) is 3.63. The van der Waals surface area contributed by atoms with E-state index in [9.17, 15) is 5.21 Å². The molecule has 1 spiro atoms. The van der Waals surface area contributed by atoms with Gasteiger partial charge in [0, 0.05) is 25.6 Å². The van der Waals surface area contributed by atoms with Crippen molar-refractivity contribution in [2.24, 2.45) is 0 Å². The number of ether oxygens (including phenoxy) is 2. The average molecular weight is 352 g/mol. The lowest BCUT2D eigenvalue weighted by Crippen LogP contribution is -2.31. The van der Waals surface area contributed by atoms with E-state index in [0.717, 1.165) is 36.1 Å². The highest BCUT2D eigenvalue weighted by molar-refractivity contribution is 5.66. The molecule has 0 bridgehead atoms. The Bertz CT molecular complexity index is 770. The van der Waals surface area contributed by atoms with Crippen LogP contribution in [-0.4, -0.2) is 34.3 Å². The Labute approximate surface area is 153 Å². The lowest BCUT2D eigenvalue weighted by molar-refractivity contribution is -0.159. The predicted octanol–water partition coefficient (Wildman–Crippen LogP) is 3.78. The second kappa shape index (κ2) is 7.68. The molecule has 0 saturated carbocycles. The fraction of sp³-hybridized carbons (Fsp3) is 0.381. The molecule has 4 rings (SSSR count). The van der Waals surface area contributed by atoms with E-state index in [2.05, 4.69) is 17.1 Å². The van der Waals surface area contributed by atoms with Crippen LogP contribution < -0.4 is 0 Å². The molecule has 5 heteroatoms. The molecule has 1 aromatic carbocycles. The van der Waals surface area contributed by atoms with Crippen LogP contribution in [0, 0.1) is 0 Å². The lowest BCUT2D eigenvalue weighted by atomic mass is 9.90. The number of aromatic nitrogens is 1. The number of benzene rings is 1. The minimum Gasteiger partial charge on any atom is -0.347 e. The smallest absolute Gasteiger partial charge is 0.172 e.